The molecule has 18 heavy (non-hydrogen) atoms. The maximum Gasteiger partial charge on any atom is 0.239 e. The highest BCUT2D eigenvalue weighted by molar-refractivity contribution is 7.09. The Balaban J connectivity index is 2.19. The largest absolute Gasteiger partial charge is 0.361 e. The van der Waals surface area contributed by atoms with Crippen molar-refractivity contribution in [2.24, 2.45) is 5.84 Å². The van der Waals surface area contributed by atoms with Crippen molar-refractivity contribution in [3.05, 3.63) is 28.3 Å². The van der Waals surface area contributed by atoms with Gasteiger partial charge in [0, 0.05) is 23.3 Å². The molecule has 0 saturated heterocycles. The van der Waals surface area contributed by atoms with Gasteiger partial charge in [-0.05, 0) is 13.3 Å². The average molecular weight is 264 g/mol. The van der Waals surface area contributed by atoms with Crippen LogP contribution in [0.15, 0.2) is 17.6 Å². The average Bonchev–Trinajstić information content (AvgIpc) is 2.89. The molecule has 0 aliphatic carbocycles. The van der Waals surface area contributed by atoms with Crippen LogP contribution in [-0.4, -0.2) is 15.0 Å². The van der Waals surface area contributed by atoms with Crippen LogP contribution in [0.1, 0.15) is 30.1 Å². The first kappa shape index (κ1) is 12.7. The number of thiazole rings is 1. The van der Waals surface area contributed by atoms with E-state index in [-0.39, 0.29) is 6.04 Å². The van der Waals surface area contributed by atoms with Crippen LogP contribution < -0.4 is 16.6 Å². The van der Waals surface area contributed by atoms with Gasteiger partial charge in [-0.15, -0.1) is 11.3 Å². The molecule has 0 bridgehead atoms. The predicted octanol–water partition coefficient (Wildman–Crippen LogP) is 2.09. The van der Waals surface area contributed by atoms with Gasteiger partial charge in [0.1, 0.15) is 10.8 Å². The molecule has 0 aliphatic rings. The van der Waals surface area contributed by atoms with Gasteiger partial charge in [0.05, 0.1) is 6.04 Å². The van der Waals surface area contributed by atoms with Gasteiger partial charge in [-0.2, -0.15) is 4.98 Å². The fourth-order valence-electron chi connectivity index (χ4n) is 1.63. The second-order valence-corrected chi connectivity index (χ2v) is 4.76. The molecule has 0 saturated carbocycles. The van der Waals surface area contributed by atoms with E-state index in [1.807, 2.05) is 24.6 Å². The van der Waals surface area contributed by atoms with Gasteiger partial charge in [-0.3, -0.25) is 5.43 Å². The molecule has 0 radical (unpaired) electrons. The summed E-state index contributed by atoms with van der Waals surface area (Å²) in [4.78, 5) is 12.7. The van der Waals surface area contributed by atoms with E-state index >= 15 is 0 Å². The Bertz CT molecular complexity index is 498. The fraction of sp³-hybridized carbons (Fsp3) is 0.364. The van der Waals surface area contributed by atoms with Crippen molar-refractivity contribution >= 4 is 23.1 Å². The minimum absolute atomic E-state index is 0.157. The van der Waals surface area contributed by atoms with E-state index in [0.717, 1.165) is 22.9 Å². The second-order valence-electron chi connectivity index (χ2n) is 3.84. The number of anilines is 2. The van der Waals surface area contributed by atoms with Gasteiger partial charge >= 0.3 is 0 Å². The van der Waals surface area contributed by atoms with E-state index in [4.69, 9.17) is 5.84 Å². The maximum absolute atomic E-state index is 5.33. The Hall–Kier alpha value is -1.73. The highest BCUT2D eigenvalue weighted by Gasteiger charge is 2.13. The van der Waals surface area contributed by atoms with Crippen LogP contribution in [0.25, 0.3) is 0 Å². The van der Waals surface area contributed by atoms with Crippen molar-refractivity contribution in [3.8, 4) is 0 Å². The van der Waals surface area contributed by atoms with Gasteiger partial charge < -0.3 is 5.32 Å². The first-order valence-electron chi connectivity index (χ1n) is 5.71. The lowest BCUT2D eigenvalue weighted by molar-refractivity contribution is 0.736. The summed E-state index contributed by atoms with van der Waals surface area (Å²) in [5.41, 5.74) is 3.31. The number of hydrogen-bond acceptors (Lipinski definition) is 7. The van der Waals surface area contributed by atoms with E-state index < -0.39 is 0 Å². The topological polar surface area (TPSA) is 88.8 Å². The summed E-state index contributed by atoms with van der Waals surface area (Å²) in [7, 11) is 0. The molecule has 7 heteroatoms. The maximum atomic E-state index is 5.33. The molecule has 0 fully saturated rings. The smallest absolute Gasteiger partial charge is 0.239 e. The molecule has 2 aromatic heterocycles. The fourth-order valence-corrected chi connectivity index (χ4v) is 2.40. The zero-order chi connectivity index (χ0) is 13.0. The van der Waals surface area contributed by atoms with Crippen molar-refractivity contribution in [2.45, 2.75) is 26.3 Å². The number of nitrogens with one attached hydrogen (secondary N) is 2. The second kappa shape index (κ2) is 5.74. The minimum atomic E-state index is 0.157. The van der Waals surface area contributed by atoms with Crippen LogP contribution in [0.4, 0.5) is 11.8 Å². The van der Waals surface area contributed by atoms with Gasteiger partial charge in [-0.25, -0.2) is 15.8 Å². The molecule has 4 N–H and O–H groups in total. The lowest BCUT2D eigenvalue weighted by atomic mass is 10.2. The van der Waals surface area contributed by atoms with E-state index in [9.17, 15) is 0 Å². The van der Waals surface area contributed by atoms with E-state index in [1.54, 1.807) is 11.3 Å². The van der Waals surface area contributed by atoms with E-state index in [0.29, 0.717) is 5.95 Å². The molecule has 0 aromatic carbocycles. The van der Waals surface area contributed by atoms with Crippen LogP contribution in [0.3, 0.4) is 0 Å². The summed E-state index contributed by atoms with van der Waals surface area (Å²) in [6.07, 6.45) is 2.74. The molecular formula is C11H16N6S. The highest BCUT2D eigenvalue weighted by Crippen LogP contribution is 2.23. The van der Waals surface area contributed by atoms with Gasteiger partial charge in [0.2, 0.25) is 5.95 Å². The first-order chi connectivity index (χ1) is 8.72. The Labute approximate surface area is 110 Å². The quantitative estimate of drug-likeness (QED) is 0.566. The third kappa shape index (κ3) is 2.93. The first-order valence-corrected chi connectivity index (χ1v) is 6.59. The van der Waals surface area contributed by atoms with Crippen LogP contribution in [-0.2, 0) is 0 Å². The summed E-state index contributed by atoms with van der Waals surface area (Å²) in [6.45, 7) is 4.01. The van der Waals surface area contributed by atoms with Gasteiger partial charge in [0.15, 0.2) is 0 Å². The third-order valence-electron chi connectivity index (χ3n) is 2.46. The number of rotatable bonds is 5. The molecule has 1 atom stereocenters. The summed E-state index contributed by atoms with van der Waals surface area (Å²) in [5, 5.41) is 6.37. The molecule has 6 nitrogen and oxygen atoms in total. The molecule has 0 amide bonds. The summed E-state index contributed by atoms with van der Waals surface area (Å²) in [6, 6.07) is 2.04. The van der Waals surface area contributed by atoms with Gasteiger partial charge in [0.25, 0.3) is 0 Å². The van der Waals surface area contributed by atoms with Crippen molar-refractivity contribution in [3.63, 3.8) is 0 Å². The van der Waals surface area contributed by atoms with Crippen molar-refractivity contribution in [1.82, 2.24) is 15.0 Å². The Morgan fingerprint density at radius 1 is 1.44 bits per heavy atom. The highest BCUT2D eigenvalue weighted by atomic mass is 32.1. The van der Waals surface area contributed by atoms with Crippen LogP contribution in [0.2, 0.25) is 0 Å². The zero-order valence-electron chi connectivity index (χ0n) is 10.3. The van der Waals surface area contributed by atoms with Crippen LogP contribution in [0.5, 0.6) is 0 Å². The summed E-state index contributed by atoms with van der Waals surface area (Å²) >= 11 is 1.63. The van der Waals surface area contributed by atoms with E-state index in [1.165, 1.54) is 0 Å². The lowest BCUT2D eigenvalue weighted by Crippen LogP contribution is -2.15. The Morgan fingerprint density at radius 3 is 2.89 bits per heavy atom. The molecular weight excluding hydrogens is 248 g/mol. The van der Waals surface area contributed by atoms with Crippen LogP contribution >= 0.6 is 11.3 Å². The molecule has 96 valence electrons. The number of hydrazine groups is 1. The molecule has 2 aromatic rings. The Kier molecular flexibility index (Phi) is 4.06. The van der Waals surface area contributed by atoms with E-state index in [2.05, 4.69) is 32.6 Å². The Morgan fingerprint density at radius 2 is 2.28 bits per heavy atom. The van der Waals surface area contributed by atoms with Gasteiger partial charge in [-0.1, -0.05) is 6.92 Å². The summed E-state index contributed by atoms with van der Waals surface area (Å²) in [5.74, 6) is 6.49. The SMILES string of the molecule is CCC(Nc1cc(C)nc(NN)n1)c1nccs1. The molecule has 2 heterocycles. The number of nitrogens with two attached hydrogens (primary N) is 1. The number of aryl methyl sites for hydroxylation is 1. The standard InChI is InChI=1S/C11H16N6S/c1-3-8(10-13-4-5-18-10)15-9-6-7(2)14-11(16-9)17-12/h4-6,8H,3,12H2,1-2H3,(H2,14,15,16,17). The third-order valence-corrected chi connectivity index (χ3v) is 3.35. The number of nitrogen functional groups attached to an aromatic ring is 1. The van der Waals surface area contributed by atoms with Crippen molar-refractivity contribution < 1.29 is 0 Å². The molecule has 0 aliphatic heterocycles. The number of aromatic nitrogens is 3. The lowest BCUT2D eigenvalue weighted by Gasteiger charge is -2.15. The summed E-state index contributed by atoms with van der Waals surface area (Å²) < 4.78 is 0. The normalized spacial score (nSPS) is 12.2. The zero-order valence-corrected chi connectivity index (χ0v) is 11.2. The van der Waals surface area contributed by atoms with Crippen LogP contribution in [0, 0.1) is 6.92 Å². The number of nitrogens with zero attached hydrogens (tertiary/aromatic N) is 3. The molecule has 1 unspecified atom stereocenters. The molecule has 0 spiro atoms. The predicted molar refractivity (Wildman–Crippen MR) is 73.3 cm³/mol. The minimum Gasteiger partial charge on any atom is -0.361 e. The molecule has 2 rings (SSSR count). The van der Waals surface area contributed by atoms with Crippen molar-refractivity contribution in [1.29, 1.82) is 0 Å². The number of hydrogen-bond donors (Lipinski definition) is 3. The monoisotopic (exact) mass is 264 g/mol. The van der Waals surface area contributed by atoms with Crippen molar-refractivity contribution in [2.75, 3.05) is 10.7 Å².